The predicted octanol–water partition coefficient (Wildman–Crippen LogP) is 3.47. The van der Waals surface area contributed by atoms with Crippen molar-refractivity contribution < 1.29 is 32.5 Å². The maximum absolute atomic E-state index is 15.5. The number of benzene rings is 1. The minimum atomic E-state index is -0.893. The van der Waals surface area contributed by atoms with E-state index in [0.717, 1.165) is 18.9 Å². The Balaban J connectivity index is 1.59. The number of methoxy groups -OCH3 is 3. The number of fused-ring (bicyclic) bond motifs is 1. The summed E-state index contributed by atoms with van der Waals surface area (Å²) >= 11 is 0. The smallest absolute Gasteiger partial charge is 0.243 e. The Morgan fingerprint density at radius 2 is 1.79 bits per heavy atom. The summed E-state index contributed by atoms with van der Waals surface area (Å²) in [6.07, 6.45) is 5.02. The van der Waals surface area contributed by atoms with Gasteiger partial charge in [-0.1, -0.05) is 6.58 Å². The summed E-state index contributed by atoms with van der Waals surface area (Å²) in [5, 5.41) is 6.74. The summed E-state index contributed by atoms with van der Waals surface area (Å²) < 4.78 is 52.5. The molecule has 4 heterocycles. The predicted molar refractivity (Wildman–Crippen MR) is 153 cm³/mol. The highest BCUT2D eigenvalue weighted by Crippen LogP contribution is 2.39. The van der Waals surface area contributed by atoms with Crippen molar-refractivity contribution >= 4 is 28.6 Å². The van der Waals surface area contributed by atoms with Crippen molar-refractivity contribution in [3.05, 3.63) is 42.6 Å². The van der Waals surface area contributed by atoms with Gasteiger partial charge in [-0.2, -0.15) is 0 Å². The standard InChI is InChI=1S/C29H34F2N6O5/c1-5-23(38)33-18-8-11-42-15-20(18)35-29-32-14-16-12-19(24-25(30)21(40-3)13-22(41-4)26(24)31)34-28(27(16)36-29)37-9-6-17(39-2)7-10-37/h5,12-14,17-18,20H,1,6-11,15H2,2-4H3,(H,33,38)(H,32,35,36)/t18?,20-/m1/s1. The molecule has 1 unspecified atom stereocenters. The SMILES string of the molecule is C=CC(=O)NC1CCOC[C@H]1Nc1ncc2cc(-c3c(F)c(OC)cc(OC)c3F)nc(N3CCC(OC)CC3)c2n1. The van der Waals surface area contributed by atoms with Crippen LogP contribution in [0.25, 0.3) is 22.2 Å². The number of hydrogen-bond donors (Lipinski definition) is 2. The molecule has 0 radical (unpaired) electrons. The average Bonchev–Trinajstić information content (AvgIpc) is 3.02. The van der Waals surface area contributed by atoms with E-state index in [9.17, 15) is 4.79 Å². The summed E-state index contributed by atoms with van der Waals surface area (Å²) in [6, 6.07) is 2.19. The van der Waals surface area contributed by atoms with Crippen LogP contribution in [0.15, 0.2) is 31.0 Å². The van der Waals surface area contributed by atoms with E-state index >= 15 is 8.78 Å². The van der Waals surface area contributed by atoms with Crippen LogP contribution in [-0.4, -0.2) is 86.7 Å². The van der Waals surface area contributed by atoms with E-state index in [2.05, 4.69) is 22.2 Å². The van der Waals surface area contributed by atoms with Crippen molar-refractivity contribution in [1.29, 1.82) is 0 Å². The van der Waals surface area contributed by atoms with E-state index in [0.29, 0.717) is 55.4 Å². The summed E-state index contributed by atoms with van der Waals surface area (Å²) in [6.45, 7) is 5.59. The number of carbonyl (C=O) groups excluding carboxylic acids is 1. The minimum Gasteiger partial charge on any atom is -0.494 e. The van der Waals surface area contributed by atoms with Crippen LogP contribution in [0.4, 0.5) is 20.5 Å². The van der Waals surface area contributed by atoms with Crippen LogP contribution in [0.1, 0.15) is 19.3 Å². The first kappa shape index (κ1) is 29.4. The van der Waals surface area contributed by atoms with Gasteiger partial charge in [0.2, 0.25) is 11.9 Å². The molecule has 5 rings (SSSR count). The highest BCUT2D eigenvalue weighted by molar-refractivity contribution is 5.92. The topological polar surface area (TPSA) is 120 Å². The van der Waals surface area contributed by atoms with Gasteiger partial charge in [-0.15, -0.1) is 0 Å². The number of anilines is 2. The van der Waals surface area contributed by atoms with Crippen LogP contribution in [0, 0.1) is 11.6 Å². The van der Waals surface area contributed by atoms with Gasteiger partial charge in [0.05, 0.1) is 50.3 Å². The van der Waals surface area contributed by atoms with Crippen LogP contribution in [0.2, 0.25) is 0 Å². The molecule has 0 saturated carbocycles. The van der Waals surface area contributed by atoms with Crippen molar-refractivity contribution in [2.24, 2.45) is 0 Å². The monoisotopic (exact) mass is 584 g/mol. The van der Waals surface area contributed by atoms with E-state index in [-0.39, 0.29) is 46.9 Å². The zero-order valence-corrected chi connectivity index (χ0v) is 23.8. The number of nitrogens with one attached hydrogen (secondary N) is 2. The largest absolute Gasteiger partial charge is 0.494 e. The van der Waals surface area contributed by atoms with Gasteiger partial charge in [0, 0.05) is 44.5 Å². The molecule has 1 amide bonds. The molecule has 0 bridgehead atoms. The fraction of sp³-hybridized carbons (Fsp3) is 0.448. The molecule has 2 saturated heterocycles. The number of piperidine rings is 1. The second kappa shape index (κ2) is 12.8. The molecule has 42 heavy (non-hydrogen) atoms. The molecule has 13 heteroatoms. The van der Waals surface area contributed by atoms with Gasteiger partial charge in [-0.3, -0.25) is 4.79 Å². The van der Waals surface area contributed by atoms with E-state index in [1.165, 1.54) is 20.3 Å². The van der Waals surface area contributed by atoms with Crippen LogP contribution in [0.3, 0.4) is 0 Å². The normalized spacial score (nSPS) is 19.4. The van der Waals surface area contributed by atoms with Crippen LogP contribution >= 0.6 is 0 Å². The van der Waals surface area contributed by atoms with Gasteiger partial charge in [0.15, 0.2) is 29.0 Å². The molecule has 1 aromatic carbocycles. The lowest BCUT2D eigenvalue weighted by Gasteiger charge is -2.33. The van der Waals surface area contributed by atoms with Gasteiger partial charge in [0.25, 0.3) is 0 Å². The third-order valence-electron chi connectivity index (χ3n) is 7.64. The average molecular weight is 585 g/mol. The summed E-state index contributed by atoms with van der Waals surface area (Å²) in [5.41, 5.74) is 0.186. The zero-order chi connectivity index (χ0) is 29.8. The van der Waals surface area contributed by atoms with Crippen molar-refractivity contribution in [2.75, 3.05) is 57.8 Å². The second-order valence-electron chi connectivity index (χ2n) is 10.1. The van der Waals surface area contributed by atoms with Crippen LogP contribution in [0.5, 0.6) is 11.5 Å². The number of hydrogen-bond acceptors (Lipinski definition) is 10. The van der Waals surface area contributed by atoms with Gasteiger partial charge in [-0.05, 0) is 31.4 Å². The number of ether oxygens (including phenoxy) is 4. The molecule has 2 atom stereocenters. The molecule has 11 nitrogen and oxygen atoms in total. The van der Waals surface area contributed by atoms with Gasteiger partial charge < -0.3 is 34.5 Å². The van der Waals surface area contributed by atoms with E-state index in [1.54, 1.807) is 19.4 Å². The maximum Gasteiger partial charge on any atom is 0.243 e. The molecule has 2 aliphatic heterocycles. The van der Waals surface area contributed by atoms with Crippen molar-refractivity contribution in [1.82, 2.24) is 20.3 Å². The first-order chi connectivity index (χ1) is 20.4. The number of halogens is 2. The third kappa shape index (κ3) is 5.93. The quantitative estimate of drug-likeness (QED) is 0.362. The number of carbonyl (C=O) groups is 1. The van der Waals surface area contributed by atoms with Crippen molar-refractivity contribution in [3.8, 4) is 22.8 Å². The number of aromatic nitrogens is 3. The molecular formula is C29H34F2N6O5. The summed E-state index contributed by atoms with van der Waals surface area (Å²) in [5.74, 6) is -1.64. The highest BCUT2D eigenvalue weighted by Gasteiger charge is 2.29. The molecule has 0 aliphatic carbocycles. The van der Waals surface area contributed by atoms with Gasteiger partial charge in [-0.25, -0.2) is 23.7 Å². The number of amides is 1. The lowest BCUT2D eigenvalue weighted by atomic mass is 10.0. The van der Waals surface area contributed by atoms with Gasteiger partial charge in [0.1, 0.15) is 5.52 Å². The lowest BCUT2D eigenvalue weighted by Crippen LogP contribution is -2.52. The Labute approximate surface area is 242 Å². The maximum atomic E-state index is 15.5. The van der Waals surface area contributed by atoms with Crippen molar-refractivity contribution in [2.45, 2.75) is 37.5 Å². The number of nitrogens with zero attached hydrogens (tertiary/aromatic N) is 4. The Morgan fingerprint density at radius 1 is 1.07 bits per heavy atom. The van der Waals surface area contributed by atoms with E-state index in [4.69, 9.17) is 28.9 Å². The lowest BCUT2D eigenvalue weighted by molar-refractivity contribution is -0.117. The Bertz CT molecular complexity index is 1440. The molecule has 0 spiro atoms. The third-order valence-corrected chi connectivity index (χ3v) is 7.64. The molecule has 2 aliphatic rings. The molecular weight excluding hydrogens is 550 g/mol. The van der Waals surface area contributed by atoms with Crippen LogP contribution in [-0.2, 0) is 14.3 Å². The molecule has 2 aromatic heterocycles. The first-order valence-electron chi connectivity index (χ1n) is 13.7. The molecule has 3 aromatic rings. The molecule has 2 N–H and O–H groups in total. The molecule has 224 valence electrons. The first-order valence-corrected chi connectivity index (χ1v) is 13.7. The van der Waals surface area contributed by atoms with E-state index in [1.807, 2.05) is 4.90 Å². The van der Waals surface area contributed by atoms with Crippen molar-refractivity contribution in [3.63, 3.8) is 0 Å². The Morgan fingerprint density at radius 3 is 2.43 bits per heavy atom. The zero-order valence-electron chi connectivity index (χ0n) is 23.8. The minimum absolute atomic E-state index is 0.0516. The van der Waals surface area contributed by atoms with Crippen LogP contribution < -0.4 is 25.0 Å². The van der Waals surface area contributed by atoms with Gasteiger partial charge >= 0.3 is 0 Å². The molecule has 2 fully saturated rings. The fourth-order valence-electron chi connectivity index (χ4n) is 5.31. The summed E-state index contributed by atoms with van der Waals surface area (Å²) in [4.78, 5) is 28.0. The Hall–Kier alpha value is -4.10. The highest BCUT2D eigenvalue weighted by atomic mass is 19.1. The number of pyridine rings is 1. The summed E-state index contributed by atoms with van der Waals surface area (Å²) in [7, 11) is 4.28. The Kier molecular flexibility index (Phi) is 8.97. The number of rotatable bonds is 9. The fourth-order valence-corrected chi connectivity index (χ4v) is 5.31. The van der Waals surface area contributed by atoms with E-state index < -0.39 is 11.6 Å². The second-order valence-corrected chi connectivity index (χ2v) is 10.1.